The van der Waals surface area contributed by atoms with Crippen LogP contribution in [0.2, 0.25) is 0 Å². The quantitative estimate of drug-likeness (QED) is 0.498. The molecule has 0 fully saturated rings. The summed E-state index contributed by atoms with van der Waals surface area (Å²) in [6.07, 6.45) is 1.88. The fourth-order valence-electron chi connectivity index (χ4n) is 0.789. The normalized spacial score (nSPS) is 8.73. The van der Waals surface area contributed by atoms with E-state index < -0.39 is 0 Å². The number of hydrogen-bond donors (Lipinski definition) is 1. The largest absolute Gasteiger partial charge is 0.319 e. The molecule has 0 saturated heterocycles. The van der Waals surface area contributed by atoms with Crippen molar-refractivity contribution in [1.82, 2.24) is 5.32 Å². The maximum atomic E-state index is 8.23. The molecule has 1 N–H and O–H groups in total. The summed E-state index contributed by atoms with van der Waals surface area (Å²) in [6, 6.07) is 8.05. The van der Waals surface area contributed by atoms with Gasteiger partial charge in [0.25, 0.3) is 0 Å². The van der Waals surface area contributed by atoms with E-state index in [9.17, 15) is 0 Å². The lowest BCUT2D eigenvalue weighted by Gasteiger charge is -1.97. The molecule has 0 aliphatic heterocycles. The van der Waals surface area contributed by atoms with Crippen LogP contribution in [0.3, 0.4) is 0 Å². The molecule has 2 nitrogen and oxygen atoms in total. The Labute approximate surface area is 79.4 Å². The van der Waals surface area contributed by atoms with Crippen molar-refractivity contribution in [3.05, 3.63) is 33.4 Å². The highest BCUT2D eigenvalue weighted by molar-refractivity contribution is 14.1. The second-order valence-electron chi connectivity index (χ2n) is 2.10. The Hall–Kier alpha value is -0.760. The van der Waals surface area contributed by atoms with Crippen LogP contribution in [0.5, 0.6) is 0 Å². The molecule has 11 heavy (non-hydrogen) atoms. The zero-order valence-electron chi connectivity index (χ0n) is 5.84. The Kier molecular flexibility index (Phi) is 3.17. The number of nitrogens with zero attached hydrogens (tertiary/aromatic N) is 1. The Balaban J connectivity index is 2.65. The van der Waals surface area contributed by atoms with Crippen LogP contribution in [0.4, 0.5) is 0 Å². The molecule has 0 amide bonds. The Morgan fingerprint density at radius 2 is 2.36 bits per heavy atom. The number of hydrogen-bond acceptors (Lipinski definition) is 2. The lowest BCUT2D eigenvalue weighted by Crippen LogP contribution is -2.04. The van der Waals surface area contributed by atoms with E-state index in [1.165, 1.54) is 3.57 Å². The highest BCUT2D eigenvalue weighted by Gasteiger charge is 1.90. The Morgan fingerprint density at radius 3 is 3.00 bits per heavy atom. The molecule has 1 rings (SSSR count). The molecule has 0 saturated carbocycles. The van der Waals surface area contributed by atoms with Gasteiger partial charge in [0.1, 0.15) is 0 Å². The third-order valence-electron chi connectivity index (χ3n) is 1.26. The molecule has 1 aromatic carbocycles. The topological polar surface area (TPSA) is 35.8 Å². The zero-order chi connectivity index (χ0) is 8.10. The summed E-state index contributed by atoms with van der Waals surface area (Å²) in [6.45, 7) is 0.618. The van der Waals surface area contributed by atoms with E-state index in [0.29, 0.717) is 6.54 Å². The fourth-order valence-corrected chi connectivity index (χ4v) is 1.40. The molecule has 0 radical (unpaired) electrons. The summed E-state index contributed by atoms with van der Waals surface area (Å²) in [5, 5.41) is 10.8. The molecule has 3 heteroatoms. The van der Waals surface area contributed by atoms with Crippen molar-refractivity contribution in [2.24, 2.45) is 0 Å². The van der Waals surface area contributed by atoms with Gasteiger partial charge >= 0.3 is 0 Å². The first-order valence-electron chi connectivity index (χ1n) is 3.19. The van der Waals surface area contributed by atoms with E-state index in [1.807, 2.05) is 30.5 Å². The molecular weight excluding hydrogens is 250 g/mol. The van der Waals surface area contributed by atoms with Crippen LogP contribution in [0, 0.1) is 15.0 Å². The first-order valence-corrected chi connectivity index (χ1v) is 4.27. The van der Waals surface area contributed by atoms with Gasteiger partial charge in [-0.3, -0.25) is 0 Å². The molecule has 1 aromatic rings. The minimum absolute atomic E-state index is 0.618. The molecule has 0 bridgehead atoms. The maximum Gasteiger partial charge on any atom is 0.176 e. The van der Waals surface area contributed by atoms with Crippen molar-refractivity contribution >= 4 is 22.6 Å². The minimum Gasteiger partial charge on any atom is -0.319 e. The SMILES string of the molecule is N#[11C]NCc1cccc(I)c1. The van der Waals surface area contributed by atoms with E-state index >= 15 is 0 Å². The van der Waals surface area contributed by atoms with E-state index in [1.54, 1.807) is 0 Å². The molecule has 0 spiro atoms. The number of nitriles is 1. The van der Waals surface area contributed by atoms with Crippen LogP contribution >= 0.6 is 22.6 Å². The molecule has 0 atom stereocenters. The van der Waals surface area contributed by atoms with Crippen LogP contribution in [0.25, 0.3) is 0 Å². The molecule has 0 heterocycles. The molecule has 0 aromatic heterocycles. The van der Waals surface area contributed by atoms with Gasteiger partial charge in [-0.15, -0.1) is 0 Å². The predicted octanol–water partition coefficient (Wildman–Crippen LogP) is 1.86. The average Bonchev–Trinajstić information content (AvgIpc) is 2.01. The van der Waals surface area contributed by atoms with Gasteiger partial charge in [0, 0.05) is 10.1 Å². The van der Waals surface area contributed by atoms with E-state index in [4.69, 9.17) is 5.26 Å². The zero-order valence-corrected chi connectivity index (χ0v) is 8.00. The molecule has 56 valence electrons. The third-order valence-corrected chi connectivity index (χ3v) is 1.93. The van der Waals surface area contributed by atoms with E-state index in [-0.39, 0.29) is 0 Å². The van der Waals surface area contributed by atoms with Gasteiger partial charge in [-0.25, -0.2) is 0 Å². The summed E-state index contributed by atoms with van der Waals surface area (Å²) in [7, 11) is 0. The van der Waals surface area contributed by atoms with Gasteiger partial charge < -0.3 is 5.32 Å². The Bertz CT molecular complexity index is 278. The summed E-state index contributed by atoms with van der Waals surface area (Å²) in [4.78, 5) is 0. The summed E-state index contributed by atoms with van der Waals surface area (Å²) in [5.41, 5.74) is 1.14. The first-order chi connectivity index (χ1) is 5.33. The fraction of sp³-hybridized carbons (Fsp3) is 0.125. The first kappa shape index (κ1) is 8.34. The summed E-state index contributed by atoms with van der Waals surface area (Å²) >= 11 is 2.25. The number of nitrogens with one attached hydrogen (secondary N) is 1. The molecule has 0 aliphatic rings. The van der Waals surface area contributed by atoms with Crippen molar-refractivity contribution in [3.8, 4) is 6.19 Å². The molecular formula is C8H7IN2. The van der Waals surface area contributed by atoms with Crippen LogP contribution in [0.15, 0.2) is 24.3 Å². The van der Waals surface area contributed by atoms with Gasteiger partial charge in [0.15, 0.2) is 6.19 Å². The van der Waals surface area contributed by atoms with Crippen molar-refractivity contribution in [2.45, 2.75) is 6.54 Å². The predicted molar refractivity (Wildman–Crippen MR) is 51.6 cm³/mol. The van der Waals surface area contributed by atoms with Gasteiger partial charge in [0.05, 0.1) is 0 Å². The van der Waals surface area contributed by atoms with Crippen molar-refractivity contribution < 1.29 is 0 Å². The highest BCUT2D eigenvalue weighted by atomic mass is 127. The van der Waals surface area contributed by atoms with Crippen LogP contribution < -0.4 is 5.32 Å². The Morgan fingerprint density at radius 1 is 1.55 bits per heavy atom. The van der Waals surface area contributed by atoms with Crippen molar-refractivity contribution in [3.63, 3.8) is 0 Å². The lowest BCUT2D eigenvalue weighted by molar-refractivity contribution is 0.883. The van der Waals surface area contributed by atoms with Crippen LogP contribution in [-0.2, 0) is 6.54 Å². The van der Waals surface area contributed by atoms with Gasteiger partial charge in [-0.1, -0.05) is 12.1 Å². The van der Waals surface area contributed by atoms with Gasteiger partial charge in [0.2, 0.25) is 0 Å². The van der Waals surface area contributed by atoms with Crippen LogP contribution in [-0.4, -0.2) is 0 Å². The van der Waals surface area contributed by atoms with Gasteiger partial charge in [-0.05, 0) is 40.3 Å². The average molecular weight is 257 g/mol. The van der Waals surface area contributed by atoms with Crippen molar-refractivity contribution in [2.75, 3.05) is 0 Å². The smallest absolute Gasteiger partial charge is 0.176 e. The van der Waals surface area contributed by atoms with E-state index in [2.05, 4.69) is 27.9 Å². The molecule has 0 aliphatic carbocycles. The number of rotatable bonds is 2. The highest BCUT2D eigenvalue weighted by Crippen LogP contribution is 2.06. The maximum absolute atomic E-state index is 8.23. The summed E-state index contributed by atoms with van der Waals surface area (Å²) < 4.78 is 1.19. The summed E-state index contributed by atoms with van der Waals surface area (Å²) in [5.74, 6) is 0. The number of benzene rings is 1. The third kappa shape index (κ3) is 2.76. The van der Waals surface area contributed by atoms with Crippen molar-refractivity contribution in [1.29, 1.82) is 5.26 Å². The van der Waals surface area contributed by atoms with E-state index in [0.717, 1.165) is 5.56 Å². The minimum atomic E-state index is 0.618. The standard InChI is InChI=1S/C8H7IN2/c9-8-3-1-2-7(4-8)5-11-6-10/h1-4,11H,5H2/i6-1. The van der Waals surface area contributed by atoms with Gasteiger partial charge in [-0.2, -0.15) is 5.26 Å². The second kappa shape index (κ2) is 4.19. The monoisotopic (exact) mass is 257 g/mol. The number of halogens is 1. The molecule has 0 unspecified atom stereocenters. The lowest BCUT2D eigenvalue weighted by atomic mass is 10.2. The van der Waals surface area contributed by atoms with Crippen LogP contribution in [0.1, 0.15) is 5.56 Å². The second-order valence-corrected chi connectivity index (χ2v) is 3.34.